The van der Waals surface area contributed by atoms with Crippen molar-refractivity contribution in [1.82, 2.24) is 0 Å². The van der Waals surface area contributed by atoms with Crippen molar-refractivity contribution in [2.24, 2.45) is 0 Å². The van der Waals surface area contributed by atoms with E-state index in [1.54, 1.807) is 42.5 Å². The third kappa shape index (κ3) is 3.37. The zero-order valence-electron chi connectivity index (χ0n) is 13.9. The fourth-order valence-electron chi connectivity index (χ4n) is 2.81. The largest absolute Gasteiger partial charge is 0.507 e. The van der Waals surface area contributed by atoms with E-state index in [1.165, 1.54) is 0 Å². The van der Waals surface area contributed by atoms with Gasteiger partial charge in [-0.05, 0) is 49.2 Å². The van der Waals surface area contributed by atoms with Gasteiger partial charge in [-0.15, -0.1) is 0 Å². The smallest absolute Gasteiger partial charge is 0.345 e. The zero-order chi connectivity index (χ0) is 18.0. The van der Waals surface area contributed by atoms with Gasteiger partial charge in [0.25, 0.3) is 0 Å². The highest BCUT2D eigenvalue weighted by Gasteiger charge is 2.19. The van der Waals surface area contributed by atoms with Crippen molar-refractivity contribution in [2.45, 2.75) is 13.8 Å². The van der Waals surface area contributed by atoms with E-state index in [9.17, 15) is 9.90 Å². The summed E-state index contributed by atoms with van der Waals surface area (Å²) in [4.78, 5) is 12.5. The number of esters is 1. The molecule has 3 aromatic rings. The van der Waals surface area contributed by atoms with Crippen molar-refractivity contribution in [3.05, 3.63) is 82.4 Å². The second kappa shape index (κ2) is 6.99. The lowest BCUT2D eigenvalue weighted by Gasteiger charge is -2.16. The van der Waals surface area contributed by atoms with Crippen LogP contribution in [0, 0.1) is 13.8 Å². The van der Waals surface area contributed by atoms with Crippen LogP contribution >= 0.6 is 11.6 Å². The Morgan fingerprint density at radius 1 is 0.880 bits per heavy atom. The number of aryl methyl sites for hydroxylation is 2. The van der Waals surface area contributed by atoms with Crippen molar-refractivity contribution >= 4 is 17.6 Å². The molecule has 4 heteroatoms. The zero-order valence-corrected chi connectivity index (χ0v) is 14.7. The lowest BCUT2D eigenvalue weighted by Crippen LogP contribution is -2.10. The molecular weight excluding hydrogens is 336 g/mol. The molecule has 0 aliphatic rings. The first kappa shape index (κ1) is 17.1. The van der Waals surface area contributed by atoms with E-state index < -0.39 is 5.97 Å². The molecule has 0 atom stereocenters. The Kier molecular flexibility index (Phi) is 4.77. The second-order valence-corrected chi connectivity index (χ2v) is 6.19. The molecule has 0 amide bonds. The van der Waals surface area contributed by atoms with E-state index in [0.717, 1.165) is 11.1 Å². The number of phenolic OH excluding ortho intramolecular Hbond substituents is 1. The number of hydrogen-bond acceptors (Lipinski definition) is 3. The molecular formula is C21H17ClO3. The molecule has 0 saturated carbocycles. The average Bonchev–Trinajstić information content (AvgIpc) is 2.57. The molecule has 0 saturated heterocycles. The number of halogens is 1. The molecule has 3 aromatic carbocycles. The van der Waals surface area contributed by atoms with Gasteiger partial charge in [0.2, 0.25) is 0 Å². The first-order valence-electron chi connectivity index (χ1n) is 7.84. The lowest BCUT2D eigenvalue weighted by molar-refractivity contribution is 0.0735. The fourth-order valence-corrected chi connectivity index (χ4v) is 3.02. The van der Waals surface area contributed by atoms with Gasteiger partial charge in [0.1, 0.15) is 11.5 Å². The van der Waals surface area contributed by atoms with Crippen molar-refractivity contribution in [3.8, 4) is 22.6 Å². The number of rotatable bonds is 3. The quantitative estimate of drug-likeness (QED) is 0.496. The van der Waals surface area contributed by atoms with Crippen molar-refractivity contribution in [1.29, 1.82) is 0 Å². The van der Waals surface area contributed by atoms with Gasteiger partial charge in [-0.3, -0.25) is 0 Å². The predicted octanol–water partition coefficient (Wildman–Crippen LogP) is 5.55. The topological polar surface area (TPSA) is 46.5 Å². The summed E-state index contributed by atoms with van der Waals surface area (Å²) in [5.74, 6) is -0.00983. The molecule has 126 valence electrons. The first-order valence-corrected chi connectivity index (χ1v) is 8.22. The van der Waals surface area contributed by atoms with Crippen LogP contribution in [-0.2, 0) is 0 Å². The van der Waals surface area contributed by atoms with Crippen molar-refractivity contribution in [2.75, 3.05) is 0 Å². The van der Waals surface area contributed by atoms with E-state index in [0.29, 0.717) is 27.5 Å². The highest BCUT2D eigenvalue weighted by atomic mass is 35.5. The summed E-state index contributed by atoms with van der Waals surface area (Å²) in [6.45, 7) is 3.81. The first-order chi connectivity index (χ1) is 12.0. The average molecular weight is 353 g/mol. The summed E-state index contributed by atoms with van der Waals surface area (Å²) < 4.78 is 5.62. The molecule has 0 aliphatic heterocycles. The van der Waals surface area contributed by atoms with Crippen LogP contribution < -0.4 is 4.74 Å². The van der Waals surface area contributed by atoms with Crippen LogP contribution in [0.15, 0.2) is 60.7 Å². The van der Waals surface area contributed by atoms with Gasteiger partial charge in [-0.25, -0.2) is 4.79 Å². The number of carbonyl (C=O) groups is 1. The monoisotopic (exact) mass is 352 g/mol. The number of hydrogen-bond donors (Lipinski definition) is 1. The standard InChI is InChI=1S/C21H17ClO3/c1-13-7-5-11-17(23)19(13)20-14(2)8-6-12-18(20)25-21(24)15-9-3-4-10-16(15)22/h3-12,23H,1-2H3. The van der Waals surface area contributed by atoms with E-state index in [-0.39, 0.29) is 5.75 Å². The molecule has 25 heavy (non-hydrogen) atoms. The summed E-state index contributed by atoms with van der Waals surface area (Å²) in [5.41, 5.74) is 3.44. The van der Waals surface area contributed by atoms with Crippen LogP contribution in [0.25, 0.3) is 11.1 Å². The second-order valence-electron chi connectivity index (χ2n) is 5.79. The molecule has 0 aliphatic carbocycles. The van der Waals surface area contributed by atoms with Crippen LogP contribution in [-0.4, -0.2) is 11.1 Å². The molecule has 0 spiro atoms. The molecule has 0 unspecified atom stereocenters. The number of carbonyl (C=O) groups excluding carboxylic acids is 1. The summed E-state index contributed by atoms with van der Waals surface area (Å²) in [6.07, 6.45) is 0. The Bertz CT molecular complexity index is 927. The minimum atomic E-state index is -0.537. The van der Waals surface area contributed by atoms with Gasteiger partial charge in [0.15, 0.2) is 0 Å². The van der Waals surface area contributed by atoms with Crippen molar-refractivity contribution < 1.29 is 14.6 Å². The van der Waals surface area contributed by atoms with Crippen LogP contribution in [0.4, 0.5) is 0 Å². The number of benzene rings is 3. The minimum Gasteiger partial charge on any atom is -0.507 e. The predicted molar refractivity (Wildman–Crippen MR) is 99.4 cm³/mol. The fraction of sp³-hybridized carbons (Fsp3) is 0.0952. The molecule has 0 heterocycles. The minimum absolute atomic E-state index is 0.143. The van der Waals surface area contributed by atoms with E-state index in [4.69, 9.17) is 16.3 Å². The highest BCUT2D eigenvalue weighted by Crippen LogP contribution is 2.40. The Morgan fingerprint density at radius 2 is 1.52 bits per heavy atom. The summed E-state index contributed by atoms with van der Waals surface area (Å²) in [6, 6.07) is 17.5. The van der Waals surface area contributed by atoms with Crippen LogP contribution in [0.3, 0.4) is 0 Å². The number of ether oxygens (including phenoxy) is 1. The van der Waals surface area contributed by atoms with E-state index in [1.807, 2.05) is 32.0 Å². The molecule has 0 bridgehead atoms. The van der Waals surface area contributed by atoms with E-state index in [2.05, 4.69) is 0 Å². The van der Waals surface area contributed by atoms with E-state index >= 15 is 0 Å². The van der Waals surface area contributed by atoms with Crippen LogP contribution in [0.1, 0.15) is 21.5 Å². The molecule has 3 nitrogen and oxygen atoms in total. The van der Waals surface area contributed by atoms with Crippen LogP contribution in [0.5, 0.6) is 11.5 Å². The molecule has 0 fully saturated rings. The summed E-state index contributed by atoms with van der Waals surface area (Å²) in [7, 11) is 0. The summed E-state index contributed by atoms with van der Waals surface area (Å²) in [5, 5.41) is 10.7. The van der Waals surface area contributed by atoms with Gasteiger partial charge in [0.05, 0.1) is 10.6 Å². The SMILES string of the molecule is Cc1cccc(O)c1-c1c(C)cccc1OC(=O)c1ccccc1Cl. The Morgan fingerprint density at radius 3 is 2.20 bits per heavy atom. The van der Waals surface area contributed by atoms with Crippen molar-refractivity contribution in [3.63, 3.8) is 0 Å². The maximum absolute atomic E-state index is 12.5. The number of aromatic hydroxyl groups is 1. The maximum atomic E-state index is 12.5. The molecule has 0 aromatic heterocycles. The van der Waals surface area contributed by atoms with Gasteiger partial charge in [-0.2, -0.15) is 0 Å². The Balaban J connectivity index is 2.09. The summed E-state index contributed by atoms with van der Waals surface area (Å²) >= 11 is 6.08. The third-order valence-electron chi connectivity index (χ3n) is 4.03. The van der Waals surface area contributed by atoms with Gasteiger partial charge >= 0.3 is 5.97 Å². The molecule has 3 rings (SSSR count). The van der Waals surface area contributed by atoms with Crippen LogP contribution in [0.2, 0.25) is 5.02 Å². The van der Waals surface area contributed by atoms with Gasteiger partial charge < -0.3 is 9.84 Å². The Labute approximate surface area is 151 Å². The maximum Gasteiger partial charge on any atom is 0.345 e. The highest BCUT2D eigenvalue weighted by molar-refractivity contribution is 6.33. The van der Waals surface area contributed by atoms with Gasteiger partial charge in [0, 0.05) is 11.1 Å². The van der Waals surface area contributed by atoms with Gasteiger partial charge in [-0.1, -0.05) is 48.0 Å². The Hall–Kier alpha value is -2.78. The third-order valence-corrected chi connectivity index (χ3v) is 4.36. The normalized spacial score (nSPS) is 10.5. The number of phenols is 1. The lowest BCUT2D eigenvalue weighted by atomic mass is 9.95. The molecule has 1 N–H and O–H groups in total. The molecule has 0 radical (unpaired) electrons.